The lowest BCUT2D eigenvalue weighted by Gasteiger charge is -2.14. The SMILES string of the molecule is COc1ccccc1OCCNC(=O)C[NH+](C)Cc1ccc(F)cc1. The second-order valence-electron chi connectivity index (χ2n) is 5.79. The quantitative estimate of drug-likeness (QED) is 0.667. The molecule has 0 saturated carbocycles. The predicted molar refractivity (Wildman–Crippen MR) is 93.4 cm³/mol. The lowest BCUT2D eigenvalue weighted by molar-refractivity contribution is -0.885. The van der Waals surface area contributed by atoms with Gasteiger partial charge in [0.1, 0.15) is 19.0 Å². The van der Waals surface area contributed by atoms with Gasteiger partial charge in [-0.25, -0.2) is 4.39 Å². The zero-order chi connectivity index (χ0) is 18.1. The average Bonchev–Trinajstić information content (AvgIpc) is 2.61. The van der Waals surface area contributed by atoms with Crippen LogP contribution in [0.25, 0.3) is 0 Å². The van der Waals surface area contributed by atoms with E-state index >= 15 is 0 Å². The molecule has 2 N–H and O–H groups in total. The molecule has 1 unspecified atom stereocenters. The zero-order valence-electron chi connectivity index (χ0n) is 14.5. The van der Waals surface area contributed by atoms with E-state index in [-0.39, 0.29) is 11.7 Å². The molecule has 1 amide bonds. The maximum absolute atomic E-state index is 12.9. The highest BCUT2D eigenvalue weighted by molar-refractivity contribution is 5.76. The Morgan fingerprint density at radius 1 is 1.12 bits per heavy atom. The summed E-state index contributed by atoms with van der Waals surface area (Å²) >= 11 is 0. The fourth-order valence-corrected chi connectivity index (χ4v) is 2.44. The smallest absolute Gasteiger partial charge is 0.275 e. The highest BCUT2D eigenvalue weighted by atomic mass is 19.1. The Morgan fingerprint density at radius 3 is 2.48 bits per heavy atom. The topological polar surface area (TPSA) is 52.0 Å². The van der Waals surface area contributed by atoms with Crippen molar-refractivity contribution in [2.24, 2.45) is 0 Å². The summed E-state index contributed by atoms with van der Waals surface area (Å²) in [5.74, 6) is 1.01. The van der Waals surface area contributed by atoms with E-state index in [2.05, 4.69) is 5.32 Å². The molecule has 2 aromatic rings. The molecule has 25 heavy (non-hydrogen) atoms. The Balaban J connectivity index is 1.67. The number of hydrogen-bond donors (Lipinski definition) is 2. The van der Waals surface area contributed by atoms with E-state index in [0.29, 0.717) is 37.7 Å². The summed E-state index contributed by atoms with van der Waals surface area (Å²) in [4.78, 5) is 13.0. The van der Waals surface area contributed by atoms with Crippen LogP contribution in [0.3, 0.4) is 0 Å². The van der Waals surface area contributed by atoms with Crippen LogP contribution in [-0.4, -0.2) is 39.8 Å². The van der Waals surface area contributed by atoms with E-state index in [1.807, 2.05) is 31.3 Å². The number of halogens is 1. The Hall–Kier alpha value is -2.60. The minimum atomic E-state index is -0.255. The lowest BCUT2D eigenvalue weighted by Crippen LogP contribution is -3.08. The first-order valence-corrected chi connectivity index (χ1v) is 8.16. The fourth-order valence-electron chi connectivity index (χ4n) is 2.44. The zero-order valence-corrected chi connectivity index (χ0v) is 14.5. The van der Waals surface area contributed by atoms with Gasteiger partial charge in [-0.1, -0.05) is 24.3 Å². The predicted octanol–water partition coefficient (Wildman–Crippen LogP) is 1.04. The van der Waals surface area contributed by atoms with Crippen molar-refractivity contribution in [3.63, 3.8) is 0 Å². The van der Waals surface area contributed by atoms with Crippen molar-refractivity contribution in [2.75, 3.05) is 33.9 Å². The molecule has 134 valence electrons. The van der Waals surface area contributed by atoms with Crippen LogP contribution in [-0.2, 0) is 11.3 Å². The van der Waals surface area contributed by atoms with Crippen molar-refractivity contribution in [3.8, 4) is 11.5 Å². The van der Waals surface area contributed by atoms with Crippen LogP contribution >= 0.6 is 0 Å². The second-order valence-corrected chi connectivity index (χ2v) is 5.79. The first-order chi connectivity index (χ1) is 12.1. The molecule has 5 nitrogen and oxygen atoms in total. The number of hydrogen-bond acceptors (Lipinski definition) is 3. The minimum Gasteiger partial charge on any atom is -0.493 e. The molecule has 0 spiro atoms. The number of rotatable bonds is 9. The molecule has 0 fully saturated rings. The van der Waals surface area contributed by atoms with Gasteiger partial charge >= 0.3 is 0 Å². The maximum atomic E-state index is 12.9. The Bertz CT molecular complexity index is 677. The summed E-state index contributed by atoms with van der Waals surface area (Å²) in [5.41, 5.74) is 0.992. The molecular formula is C19H24FN2O3+. The van der Waals surface area contributed by atoms with E-state index < -0.39 is 0 Å². The van der Waals surface area contributed by atoms with Gasteiger partial charge in [0.2, 0.25) is 0 Å². The van der Waals surface area contributed by atoms with E-state index in [0.717, 1.165) is 10.5 Å². The van der Waals surface area contributed by atoms with Gasteiger partial charge in [0.25, 0.3) is 5.91 Å². The van der Waals surface area contributed by atoms with E-state index in [9.17, 15) is 9.18 Å². The summed E-state index contributed by atoms with van der Waals surface area (Å²) in [7, 11) is 3.51. The number of nitrogens with one attached hydrogen (secondary N) is 2. The minimum absolute atomic E-state index is 0.0526. The Labute approximate surface area is 147 Å². The molecule has 0 bridgehead atoms. The summed E-state index contributed by atoms with van der Waals surface area (Å²) in [6.07, 6.45) is 0. The van der Waals surface area contributed by atoms with Gasteiger partial charge in [0.05, 0.1) is 20.7 Å². The first kappa shape index (κ1) is 18.7. The van der Waals surface area contributed by atoms with Gasteiger partial charge in [-0.2, -0.15) is 0 Å². The fraction of sp³-hybridized carbons (Fsp3) is 0.316. The third-order valence-corrected chi connectivity index (χ3v) is 3.63. The summed E-state index contributed by atoms with van der Waals surface area (Å²) in [6.45, 7) is 1.78. The van der Waals surface area contributed by atoms with Crippen LogP contribution in [0.1, 0.15) is 5.56 Å². The molecule has 6 heteroatoms. The lowest BCUT2D eigenvalue weighted by atomic mass is 10.2. The number of likely N-dealkylation sites (N-methyl/N-ethyl adjacent to an activating group) is 1. The molecule has 0 aromatic heterocycles. The Kier molecular flexibility index (Phi) is 7.22. The molecule has 0 heterocycles. The van der Waals surface area contributed by atoms with Crippen molar-refractivity contribution >= 4 is 5.91 Å². The number of benzene rings is 2. The molecule has 0 aliphatic carbocycles. The molecule has 0 saturated heterocycles. The molecule has 0 aliphatic rings. The van der Waals surface area contributed by atoms with E-state index in [1.165, 1.54) is 12.1 Å². The van der Waals surface area contributed by atoms with Gasteiger partial charge < -0.3 is 19.7 Å². The second kappa shape index (κ2) is 9.64. The van der Waals surface area contributed by atoms with Crippen LogP contribution in [0, 0.1) is 5.82 Å². The molecule has 2 aromatic carbocycles. The van der Waals surface area contributed by atoms with Crippen LogP contribution in [0.5, 0.6) is 11.5 Å². The number of para-hydroxylation sites is 2. The van der Waals surface area contributed by atoms with Crippen LogP contribution in [0.4, 0.5) is 4.39 Å². The van der Waals surface area contributed by atoms with Crippen LogP contribution < -0.4 is 19.7 Å². The molecule has 0 aliphatic heterocycles. The summed E-state index contributed by atoms with van der Waals surface area (Å²) in [6, 6.07) is 13.7. The van der Waals surface area contributed by atoms with Crippen molar-refractivity contribution in [1.82, 2.24) is 5.32 Å². The largest absolute Gasteiger partial charge is 0.493 e. The number of methoxy groups -OCH3 is 1. The summed E-state index contributed by atoms with van der Waals surface area (Å²) in [5, 5.41) is 2.83. The van der Waals surface area contributed by atoms with E-state index in [1.54, 1.807) is 19.2 Å². The molecule has 1 atom stereocenters. The molecule has 2 rings (SSSR count). The Morgan fingerprint density at radius 2 is 1.80 bits per heavy atom. The monoisotopic (exact) mass is 347 g/mol. The third kappa shape index (κ3) is 6.43. The molecule has 0 radical (unpaired) electrons. The average molecular weight is 347 g/mol. The van der Waals surface area contributed by atoms with Gasteiger partial charge in [0.15, 0.2) is 18.0 Å². The maximum Gasteiger partial charge on any atom is 0.275 e. The van der Waals surface area contributed by atoms with Gasteiger partial charge in [-0.05, 0) is 24.3 Å². The number of amides is 1. The van der Waals surface area contributed by atoms with Gasteiger partial charge in [-0.3, -0.25) is 4.79 Å². The first-order valence-electron chi connectivity index (χ1n) is 8.16. The van der Waals surface area contributed by atoms with Gasteiger partial charge in [0, 0.05) is 5.56 Å². The number of quaternary nitrogens is 1. The normalized spacial score (nSPS) is 11.6. The standard InChI is InChI=1S/C19H23FN2O3/c1-22(13-15-7-9-16(20)10-8-15)14-19(23)21-11-12-25-18-6-4-3-5-17(18)24-2/h3-10H,11-14H2,1-2H3,(H,21,23)/p+1. The van der Waals surface area contributed by atoms with Crippen LogP contribution in [0.15, 0.2) is 48.5 Å². The van der Waals surface area contributed by atoms with Crippen molar-refractivity contribution in [3.05, 3.63) is 59.9 Å². The number of carbonyl (C=O) groups is 1. The number of ether oxygens (including phenoxy) is 2. The highest BCUT2D eigenvalue weighted by Gasteiger charge is 2.10. The highest BCUT2D eigenvalue weighted by Crippen LogP contribution is 2.25. The van der Waals surface area contributed by atoms with Crippen molar-refractivity contribution in [2.45, 2.75) is 6.54 Å². The number of carbonyl (C=O) groups excluding carboxylic acids is 1. The van der Waals surface area contributed by atoms with Crippen molar-refractivity contribution in [1.29, 1.82) is 0 Å². The van der Waals surface area contributed by atoms with Crippen molar-refractivity contribution < 1.29 is 23.6 Å². The van der Waals surface area contributed by atoms with E-state index in [4.69, 9.17) is 9.47 Å². The van der Waals surface area contributed by atoms with Crippen LogP contribution in [0.2, 0.25) is 0 Å². The molecular weight excluding hydrogens is 323 g/mol. The van der Waals surface area contributed by atoms with Gasteiger partial charge in [-0.15, -0.1) is 0 Å². The summed E-state index contributed by atoms with van der Waals surface area (Å²) < 4.78 is 23.7. The third-order valence-electron chi connectivity index (χ3n) is 3.63.